The lowest BCUT2D eigenvalue weighted by Crippen LogP contribution is -2.38. The lowest BCUT2D eigenvalue weighted by Gasteiger charge is -2.15. The molecule has 0 bridgehead atoms. The molecule has 5 nitrogen and oxygen atoms in total. The zero-order chi connectivity index (χ0) is 19.0. The summed E-state index contributed by atoms with van der Waals surface area (Å²) in [6.07, 6.45) is 8.67. The second kappa shape index (κ2) is 11.7. The van der Waals surface area contributed by atoms with Crippen molar-refractivity contribution < 1.29 is 0 Å². The summed E-state index contributed by atoms with van der Waals surface area (Å²) in [6.45, 7) is 7.89. The zero-order valence-corrected chi connectivity index (χ0v) is 20.0. The molecule has 0 amide bonds. The number of rotatable bonds is 10. The van der Waals surface area contributed by atoms with Gasteiger partial charge in [-0.15, -0.1) is 35.7 Å². The molecule has 2 aromatic rings. The molecule has 0 atom stereocenters. The van der Waals surface area contributed by atoms with Gasteiger partial charge in [-0.2, -0.15) is 0 Å². The van der Waals surface area contributed by atoms with Crippen molar-refractivity contribution in [3.05, 3.63) is 48.5 Å². The molecule has 1 aliphatic rings. The normalized spacial score (nSPS) is 15.0. The molecule has 2 N–H and O–H groups in total. The third-order valence-corrected chi connectivity index (χ3v) is 6.27. The molecule has 1 aromatic carbocycles. The molecular weight excluding hydrogens is 481 g/mol. The van der Waals surface area contributed by atoms with Crippen LogP contribution in [-0.2, 0) is 6.54 Å². The van der Waals surface area contributed by atoms with Gasteiger partial charge in [0.25, 0.3) is 0 Å². The van der Waals surface area contributed by atoms with Crippen LogP contribution in [-0.4, -0.2) is 39.9 Å². The fourth-order valence-corrected chi connectivity index (χ4v) is 4.22. The maximum absolute atomic E-state index is 4.86. The molecule has 0 spiro atoms. The van der Waals surface area contributed by atoms with Crippen molar-refractivity contribution in [2.45, 2.75) is 55.7 Å². The van der Waals surface area contributed by atoms with E-state index in [0.29, 0.717) is 4.75 Å². The first-order valence-corrected chi connectivity index (χ1v) is 10.8. The minimum absolute atomic E-state index is 0. The van der Waals surface area contributed by atoms with Gasteiger partial charge in [0.2, 0.25) is 0 Å². The summed E-state index contributed by atoms with van der Waals surface area (Å²) >= 11 is 1.98. The quantitative estimate of drug-likeness (QED) is 0.213. The Kier molecular flexibility index (Phi) is 9.64. The number of thioether (sulfide) groups is 1. The van der Waals surface area contributed by atoms with Gasteiger partial charge in [-0.25, -0.2) is 4.98 Å². The van der Waals surface area contributed by atoms with Gasteiger partial charge in [0.05, 0.1) is 6.54 Å². The highest BCUT2D eigenvalue weighted by atomic mass is 127. The smallest absolute Gasteiger partial charge is 0.191 e. The van der Waals surface area contributed by atoms with Crippen LogP contribution in [0, 0.1) is 6.92 Å². The molecule has 1 saturated carbocycles. The van der Waals surface area contributed by atoms with E-state index in [-0.39, 0.29) is 24.0 Å². The molecule has 1 heterocycles. The fraction of sp³-hybridized carbons (Fsp3) is 0.524. The molecule has 1 aromatic heterocycles. The van der Waals surface area contributed by atoms with E-state index < -0.39 is 0 Å². The van der Waals surface area contributed by atoms with E-state index in [9.17, 15) is 0 Å². The number of hydrogen-bond donors (Lipinski definition) is 2. The number of aryl methyl sites for hydroxylation is 2. The summed E-state index contributed by atoms with van der Waals surface area (Å²) in [5, 5.41) is 6.86. The molecule has 0 saturated heterocycles. The first-order chi connectivity index (χ1) is 13.2. The summed E-state index contributed by atoms with van der Waals surface area (Å²) < 4.78 is 2.50. The third kappa shape index (κ3) is 7.31. The second-order valence-electron chi connectivity index (χ2n) is 7.10. The lowest BCUT2D eigenvalue weighted by molar-refractivity contribution is 0.588. The van der Waals surface area contributed by atoms with Crippen molar-refractivity contribution in [3.8, 4) is 0 Å². The van der Waals surface area contributed by atoms with Gasteiger partial charge in [0, 0.05) is 41.7 Å². The highest BCUT2D eigenvalue weighted by molar-refractivity contribution is 14.0. The van der Waals surface area contributed by atoms with Gasteiger partial charge in [0.15, 0.2) is 5.96 Å². The van der Waals surface area contributed by atoms with Crippen LogP contribution >= 0.6 is 35.7 Å². The van der Waals surface area contributed by atoms with Crippen molar-refractivity contribution in [1.82, 2.24) is 20.2 Å². The molecule has 28 heavy (non-hydrogen) atoms. The highest BCUT2D eigenvalue weighted by Crippen LogP contribution is 2.51. The van der Waals surface area contributed by atoms with Crippen molar-refractivity contribution in [1.29, 1.82) is 0 Å². The number of guanidine groups is 1. The maximum Gasteiger partial charge on any atom is 0.191 e. The topological polar surface area (TPSA) is 54.2 Å². The Hall–Kier alpha value is -1.22. The number of halogens is 1. The van der Waals surface area contributed by atoms with E-state index in [1.54, 1.807) is 0 Å². The molecular formula is C21H32IN5S. The predicted octanol–water partition coefficient (Wildman–Crippen LogP) is 4.47. The highest BCUT2D eigenvalue weighted by Gasteiger charge is 2.43. The minimum Gasteiger partial charge on any atom is -0.357 e. The molecule has 1 aliphatic carbocycles. The molecule has 0 radical (unpaired) electrons. The lowest BCUT2D eigenvalue weighted by atomic mass is 10.3. The Labute approximate surface area is 190 Å². The van der Waals surface area contributed by atoms with Crippen LogP contribution in [0.4, 0.5) is 0 Å². The minimum atomic E-state index is 0. The summed E-state index contributed by atoms with van der Waals surface area (Å²) in [5.41, 5.74) is 0. The van der Waals surface area contributed by atoms with Crippen LogP contribution in [0.2, 0.25) is 0 Å². The molecule has 0 aliphatic heterocycles. The van der Waals surface area contributed by atoms with Gasteiger partial charge in [0.1, 0.15) is 5.82 Å². The first-order valence-electron chi connectivity index (χ1n) is 9.95. The van der Waals surface area contributed by atoms with E-state index in [1.165, 1.54) is 17.7 Å². The van der Waals surface area contributed by atoms with Gasteiger partial charge in [-0.3, -0.25) is 4.99 Å². The number of unbranched alkanes of at least 4 members (excludes halogenated alkanes) is 1. The number of imidazole rings is 1. The Morgan fingerprint density at radius 3 is 2.64 bits per heavy atom. The van der Waals surface area contributed by atoms with Gasteiger partial charge in [-0.1, -0.05) is 18.2 Å². The van der Waals surface area contributed by atoms with Gasteiger partial charge < -0.3 is 15.2 Å². The van der Waals surface area contributed by atoms with Gasteiger partial charge in [-0.05, 0) is 51.7 Å². The van der Waals surface area contributed by atoms with Crippen molar-refractivity contribution in [2.24, 2.45) is 4.99 Å². The monoisotopic (exact) mass is 513 g/mol. The Morgan fingerprint density at radius 2 is 2.00 bits per heavy atom. The van der Waals surface area contributed by atoms with Crippen LogP contribution in [0.1, 0.15) is 38.4 Å². The molecule has 0 unspecified atom stereocenters. The van der Waals surface area contributed by atoms with Crippen LogP contribution < -0.4 is 10.6 Å². The summed E-state index contributed by atoms with van der Waals surface area (Å²) in [4.78, 5) is 10.5. The number of nitrogens with zero attached hydrogens (tertiary/aromatic N) is 3. The molecule has 3 rings (SSSR count). The van der Waals surface area contributed by atoms with E-state index in [2.05, 4.69) is 64.4 Å². The summed E-state index contributed by atoms with van der Waals surface area (Å²) in [6, 6.07) is 10.7. The summed E-state index contributed by atoms with van der Waals surface area (Å²) in [7, 11) is 0. The van der Waals surface area contributed by atoms with E-state index in [4.69, 9.17) is 4.99 Å². The van der Waals surface area contributed by atoms with Crippen LogP contribution in [0.25, 0.3) is 0 Å². The standard InChI is InChI=1S/C21H31N5S.HI/c1-3-22-20(24-13-7-8-15-26-16-14-23-18(26)2)25-17-21(11-12-21)27-19-9-5-4-6-10-19;/h4-6,9-10,14,16H,3,7-8,11-13,15,17H2,1-2H3,(H2,22,24,25);1H. The number of hydrogen-bond acceptors (Lipinski definition) is 3. The van der Waals surface area contributed by atoms with Crippen LogP contribution in [0.15, 0.2) is 52.6 Å². The van der Waals surface area contributed by atoms with E-state index in [0.717, 1.165) is 50.8 Å². The largest absolute Gasteiger partial charge is 0.357 e. The SMILES string of the molecule is CCNC(=NCC1(Sc2ccccc2)CC1)NCCCCn1ccnc1C.I. The Balaban J connectivity index is 0.00000280. The average Bonchev–Trinajstić information content (AvgIpc) is 3.32. The number of nitrogens with one attached hydrogen (secondary N) is 2. The van der Waals surface area contributed by atoms with E-state index >= 15 is 0 Å². The van der Waals surface area contributed by atoms with Crippen LogP contribution in [0.3, 0.4) is 0 Å². The maximum atomic E-state index is 4.86. The van der Waals surface area contributed by atoms with Crippen molar-refractivity contribution in [3.63, 3.8) is 0 Å². The predicted molar refractivity (Wildman–Crippen MR) is 130 cm³/mol. The van der Waals surface area contributed by atoms with Crippen molar-refractivity contribution in [2.75, 3.05) is 19.6 Å². The van der Waals surface area contributed by atoms with E-state index in [1.807, 2.05) is 24.2 Å². The number of aliphatic imine (C=N–C) groups is 1. The Bertz CT molecular complexity index is 727. The summed E-state index contributed by atoms with van der Waals surface area (Å²) in [5.74, 6) is 2.03. The fourth-order valence-electron chi connectivity index (χ4n) is 2.99. The number of benzene rings is 1. The first kappa shape index (κ1) is 23.1. The number of aromatic nitrogens is 2. The Morgan fingerprint density at radius 1 is 1.21 bits per heavy atom. The van der Waals surface area contributed by atoms with Gasteiger partial charge >= 0.3 is 0 Å². The molecule has 154 valence electrons. The zero-order valence-electron chi connectivity index (χ0n) is 16.9. The second-order valence-corrected chi connectivity index (χ2v) is 8.64. The molecule has 1 fully saturated rings. The third-order valence-electron chi connectivity index (χ3n) is 4.80. The van der Waals surface area contributed by atoms with Crippen molar-refractivity contribution >= 4 is 41.7 Å². The molecule has 7 heteroatoms. The van der Waals surface area contributed by atoms with Crippen LogP contribution in [0.5, 0.6) is 0 Å². The average molecular weight is 513 g/mol.